The number of hydrogen-bond donors (Lipinski definition) is 1. The second-order valence-electron chi connectivity index (χ2n) is 8.71. The number of nitro groups is 1. The monoisotopic (exact) mass is 520 g/mol. The average Bonchev–Trinajstić information content (AvgIpc) is 2.79. The number of amides is 2. The highest BCUT2D eigenvalue weighted by Crippen LogP contribution is 2.28. The van der Waals surface area contributed by atoms with Crippen molar-refractivity contribution in [2.24, 2.45) is 0 Å². The molecule has 36 heavy (non-hydrogen) atoms. The zero-order valence-electron chi connectivity index (χ0n) is 21.2. The fourth-order valence-corrected chi connectivity index (χ4v) is 4.43. The number of carbonyl (C=O) groups excluding carboxylic acids is 2. The van der Waals surface area contributed by atoms with Crippen LogP contribution in [0.1, 0.15) is 31.9 Å². The zero-order chi connectivity index (χ0) is 27.2. The second-order valence-corrected chi connectivity index (χ2v) is 10.6. The maximum Gasteiger partial charge on any atom is 0.271 e. The molecule has 2 amide bonds. The van der Waals surface area contributed by atoms with E-state index in [0.29, 0.717) is 16.9 Å². The van der Waals surface area contributed by atoms with Crippen LogP contribution in [-0.2, 0) is 26.2 Å². The topological polar surface area (TPSA) is 139 Å². The number of carbonyl (C=O) groups is 2. The van der Waals surface area contributed by atoms with E-state index in [0.717, 1.165) is 16.6 Å². The largest absolute Gasteiger partial charge is 0.497 e. The molecule has 1 atom stereocenters. The van der Waals surface area contributed by atoms with Crippen LogP contribution in [-0.4, -0.2) is 62.0 Å². The standard InChI is InChI=1S/C24H32N4O7S/c1-16(2)25-24(30)18(4)26(14-19-8-7-9-21(12-19)35-5)23(29)15-27(36(6,33)34)22-13-20(28(31)32)11-10-17(22)3/h7-13,16,18H,14-15H2,1-6H3,(H,25,30). The highest BCUT2D eigenvalue weighted by molar-refractivity contribution is 7.92. The van der Waals surface area contributed by atoms with Gasteiger partial charge in [0.05, 0.1) is 24.0 Å². The van der Waals surface area contributed by atoms with Gasteiger partial charge in [0.2, 0.25) is 21.8 Å². The number of nitrogens with one attached hydrogen (secondary N) is 1. The molecular weight excluding hydrogens is 488 g/mol. The van der Waals surface area contributed by atoms with Gasteiger partial charge >= 0.3 is 0 Å². The molecule has 0 bridgehead atoms. The van der Waals surface area contributed by atoms with Crippen LogP contribution in [0.3, 0.4) is 0 Å². The van der Waals surface area contributed by atoms with Crippen LogP contribution >= 0.6 is 0 Å². The maximum atomic E-state index is 13.6. The van der Waals surface area contributed by atoms with E-state index in [4.69, 9.17) is 4.74 Å². The lowest BCUT2D eigenvalue weighted by atomic mass is 10.1. The van der Waals surface area contributed by atoms with Gasteiger partial charge < -0.3 is 15.0 Å². The number of rotatable bonds is 11. The molecule has 0 aliphatic carbocycles. The predicted molar refractivity (Wildman–Crippen MR) is 136 cm³/mol. The third kappa shape index (κ3) is 7.41. The lowest BCUT2D eigenvalue weighted by Crippen LogP contribution is -2.52. The highest BCUT2D eigenvalue weighted by atomic mass is 32.2. The summed E-state index contributed by atoms with van der Waals surface area (Å²) in [4.78, 5) is 38.3. The average molecular weight is 521 g/mol. The summed E-state index contributed by atoms with van der Waals surface area (Å²) >= 11 is 0. The quantitative estimate of drug-likeness (QED) is 0.355. The van der Waals surface area contributed by atoms with Crippen molar-refractivity contribution in [1.82, 2.24) is 10.2 Å². The number of hydrogen-bond acceptors (Lipinski definition) is 7. The maximum absolute atomic E-state index is 13.6. The van der Waals surface area contributed by atoms with Crippen LogP contribution in [0.4, 0.5) is 11.4 Å². The Labute approximate surface area is 211 Å². The molecule has 0 spiro atoms. The third-order valence-electron chi connectivity index (χ3n) is 5.44. The minimum absolute atomic E-state index is 0.00817. The van der Waals surface area contributed by atoms with Crippen LogP contribution in [0, 0.1) is 17.0 Å². The first kappa shape index (κ1) is 28.6. The van der Waals surface area contributed by atoms with E-state index >= 15 is 0 Å². The number of nitro benzene ring substituents is 1. The number of aryl methyl sites for hydroxylation is 1. The molecule has 2 aromatic carbocycles. The van der Waals surface area contributed by atoms with Crippen molar-refractivity contribution < 1.29 is 27.7 Å². The van der Waals surface area contributed by atoms with Gasteiger partial charge in [0.1, 0.15) is 18.3 Å². The summed E-state index contributed by atoms with van der Waals surface area (Å²) in [6, 6.07) is 9.64. The number of ether oxygens (including phenoxy) is 1. The smallest absolute Gasteiger partial charge is 0.271 e. The summed E-state index contributed by atoms with van der Waals surface area (Å²) in [6.07, 6.45) is 0.917. The van der Waals surface area contributed by atoms with Gasteiger partial charge in [-0.1, -0.05) is 18.2 Å². The van der Waals surface area contributed by atoms with Gasteiger partial charge in [-0.15, -0.1) is 0 Å². The molecule has 0 heterocycles. The van der Waals surface area contributed by atoms with Crippen molar-refractivity contribution in [3.05, 3.63) is 63.7 Å². The molecule has 0 saturated carbocycles. The Morgan fingerprint density at radius 1 is 1.14 bits per heavy atom. The molecule has 2 aromatic rings. The summed E-state index contributed by atoms with van der Waals surface area (Å²) in [6.45, 7) is 6.08. The lowest BCUT2D eigenvalue weighted by molar-refractivity contribution is -0.384. The molecule has 1 N–H and O–H groups in total. The van der Waals surface area contributed by atoms with Crippen LogP contribution in [0.15, 0.2) is 42.5 Å². The minimum Gasteiger partial charge on any atom is -0.497 e. The molecule has 196 valence electrons. The van der Waals surface area contributed by atoms with E-state index in [-0.39, 0.29) is 24.0 Å². The summed E-state index contributed by atoms with van der Waals surface area (Å²) in [7, 11) is -2.51. The van der Waals surface area contributed by atoms with E-state index in [1.807, 2.05) is 0 Å². The lowest BCUT2D eigenvalue weighted by Gasteiger charge is -2.32. The van der Waals surface area contributed by atoms with Gasteiger partial charge in [0.15, 0.2) is 0 Å². The molecule has 1 unspecified atom stereocenters. The number of nitrogens with zero attached hydrogens (tertiary/aromatic N) is 3. The number of anilines is 1. The number of sulfonamides is 1. The third-order valence-corrected chi connectivity index (χ3v) is 6.56. The van der Waals surface area contributed by atoms with Gasteiger partial charge in [-0.3, -0.25) is 24.0 Å². The Morgan fingerprint density at radius 2 is 1.81 bits per heavy atom. The molecule has 0 aliphatic heterocycles. The molecule has 0 fully saturated rings. The van der Waals surface area contributed by atoms with Crippen molar-refractivity contribution in [3.8, 4) is 5.75 Å². The summed E-state index contributed by atoms with van der Waals surface area (Å²) < 4.78 is 31.5. The predicted octanol–water partition coefficient (Wildman–Crippen LogP) is 2.62. The molecule has 11 nitrogen and oxygen atoms in total. The van der Waals surface area contributed by atoms with Gasteiger partial charge in [-0.25, -0.2) is 8.42 Å². The first-order valence-electron chi connectivity index (χ1n) is 11.2. The molecule has 0 saturated heterocycles. The van der Waals surface area contributed by atoms with Gasteiger partial charge in [-0.05, 0) is 51.0 Å². The first-order valence-corrected chi connectivity index (χ1v) is 13.0. The molecule has 0 aliphatic rings. The summed E-state index contributed by atoms with van der Waals surface area (Å²) in [5, 5.41) is 14.0. The Morgan fingerprint density at radius 3 is 2.36 bits per heavy atom. The number of methoxy groups -OCH3 is 1. The fourth-order valence-electron chi connectivity index (χ4n) is 3.53. The number of non-ortho nitro benzene ring substituents is 1. The SMILES string of the molecule is COc1cccc(CN(C(=O)CN(c2cc([N+](=O)[O-])ccc2C)S(C)(=O)=O)C(C)C(=O)NC(C)C)c1. The van der Waals surface area contributed by atoms with E-state index < -0.39 is 39.3 Å². The van der Waals surface area contributed by atoms with Crippen molar-refractivity contribution in [3.63, 3.8) is 0 Å². The normalized spacial score (nSPS) is 12.1. The molecule has 0 aromatic heterocycles. The van der Waals surface area contributed by atoms with Crippen LogP contribution in [0.2, 0.25) is 0 Å². The summed E-state index contributed by atoms with van der Waals surface area (Å²) in [5.41, 5.74) is 0.809. The molecule has 2 rings (SSSR count). The zero-order valence-corrected chi connectivity index (χ0v) is 22.0. The minimum atomic E-state index is -4.02. The van der Waals surface area contributed by atoms with Gasteiger partial charge in [0, 0.05) is 24.7 Å². The van der Waals surface area contributed by atoms with E-state index in [2.05, 4.69) is 5.32 Å². The summed E-state index contributed by atoms with van der Waals surface area (Å²) in [5.74, 6) is -0.497. The first-order chi connectivity index (χ1) is 16.7. The van der Waals surface area contributed by atoms with E-state index in [9.17, 15) is 28.1 Å². The van der Waals surface area contributed by atoms with E-state index in [1.54, 1.807) is 52.0 Å². The van der Waals surface area contributed by atoms with Crippen LogP contribution in [0.25, 0.3) is 0 Å². The number of benzene rings is 2. The van der Waals surface area contributed by atoms with Gasteiger partial charge in [-0.2, -0.15) is 0 Å². The second kappa shape index (κ2) is 11.8. The Balaban J connectivity index is 2.49. The molecule has 0 radical (unpaired) electrons. The highest BCUT2D eigenvalue weighted by Gasteiger charge is 2.31. The Kier molecular flexibility index (Phi) is 9.40. The van der Waals surface area contributed by atoms with E-state index in [1.165, 1.54) is 24.1 Å². The van der Waals surface area contributed by atoms with Crippen LogP contribution in [0.5, 0.6) is 5.75 Å². The molecular formula is C24H32N4O7S. The van der Waals surface area contributed by atoms with Crippen LogP contribution < -0.4 is 14.4 Å². The molecule has 12 heteroatoms. The fraction of sp³-hybridized carbons (Fsp3) is 0.417. The van der Waals surface area contributed by atoms with Crippen molar-refractivity contribution in [2.75, 3.05) is 24.2 Å². The van der Waals surface area contributed by atoms with Crippen molar-refractivity contribution >= 4 is 33.2 Å². The Bertz CT molecular complexity index is 1230. The van der Waals surface area contributed by atoms with Crippen molar-refractivity contribution in [1.29, 1.82) is 0 Å². The van der Waals surface area contributed by atoms with Crippen molar-refractivity contribution in [2.45, 2.75) is 46.3 Å². The Hall–Kier alpha value is -3.67. The van der Waals surface area contributed by atoms with Gasteiger partial charge in [0.25, 0.3) is 5.69 Å².